The second-order valence-electron chi connectivity index (χ2n) is 5.34. The van der Waals surface area contributed by atoms with Gasteiger partial charge in [0, 0.05) is 21.4 Å². The Morgan fingerprint density at radius 2 is 2.00 bits per heavy atom. The van der Waals surface area contributed by atoms with Gasteiger partial charge >= 0.3 is 0 Å². The summed E-state index contributed by atoms with van der Waals surface area (Å²) >= 11 is 7.63. The molecule has 0 saturated heterocycles. The van der Waals surface area contributed by atoms with E-state index >= 15 is 0 Å². The minimum Gasteiger partial charge on any atom is -0.312 e. The lowest BCUT2D eigenvalue weighted by atomic mass is 10.2. The van der Waals surface area contributed by atoms with Gasteiger partial charge in [0.1, 0.15) is 5.82 Å². The average Bonchev–Trinajstić information content (AvgIpc) is 2.41. The SMILES string of the molecule is CC(C)CNCc1ccc(Cl)cc1Sc1cccc(F)c1. The summed E-state index contributed by atoms with van der Waals surface area (Å²) in [6.45, 7) is 6.11. The molecular formula is C17H19ClFNS. The van der Waals surface area contributed by atoms with Crippen LogP contribution in [0.3, 0.4) is 0 Å². The van der Waals surface area contributed by atoms with E-state index in [9.17, 15) is 4.39 Å². The summed E-state index contributed by atoms with van der Waals surface area (Å²) < 4.78 is 13.3. The van der Waals surface area contributed by atoms with Gasteiger partial charge in [0.25, 0.3) is 0 Å². The molecule has 0 amide bonds. The lowest BCUT2D eigenvalue weighted by Gasteiger charge is -2.12. The monoisotopic (exact) mass is 323 g/mol. The molecule has 0 unspecified atom stereocenters. The second-order valence-corrected chi connectivity index (χ2v) is 6.89. The van der Waals surface area contributed by atoms with Crippen molar-refractivity contribution in [1.82, 2.24) is 5.32 Å². The fourth-order valence-corrected chi connectivity index (χ4v) is 3.19. The topological polar surface area (TPSA) is 12.0 Å². The zero-order chi connectivity index (χ0) is 15.2. The fraction of sp³-hybridized carbons (Fsp3) is 0.294. The summed E-state index contributed by atoms with van der Waals surface area (Å²) in [5.41, 5.74) is 1.18. The highest BCUT2D eigenvalue weighted by Gasteiger charge is 2.07. The van der Waals surface area contributed by atoms with Crippen LogP contribution in [0.5, 0.6) is 0 Å². The molecule has 0 saturated carbocycles. The average molecular weight is 324 g/mol. The number of hydrogen-bond acceptors (Lipinski definition) is 2. The van der Waals surface area contributed by atoms with Crippen LogP contribution in [0.15, 0.2) is 52.3 Å². The van der Waals surface area contributed by atoms with Gasteiger partial charge in [0.15, 0.2) is 0 Å². The molecule has 2 aromatic rings. The first-order chi connectivity index (χ1) is 10.0. The van der Waals surface area contributed by atoms with Gasteiger partial charge in [-0.25, -0.2) is 4.39 Å². The first-order valence-corrected chi connectivity index (χ1v) is 8.16. The highest BCUT2D eigenvalue weighted by Crippen LogP contribution is 2.32. The molecule has 21 heavy (non-hydrogen) atoms. The molecule has 0 bridgehead atoms. The van der Waals surface area contributed by atoms with Crippen molar-refractivity contribution in [2.45, 2.75) is 30.2 Å². The van der Waals surface area contributed by atoms with E-state index in [0.29, 0.717) is 10.9 Å². The van der Waals surface area contributed by atoms with Crippen LogP contribution in [0.1, 0.15) is 19.4 Å². The third-order valence-electron chi connectivity index (χ3n) is 2.92. The maximum absolute atomic E-state index is 13.3. The van der Waals surface area contributed by atoms with Crippen molar-refractivity contribution in [3.63, 3.8) is 0 Å². The lowest BCUT2D eigenvalue weighted by molar-refractivity contribution is 0.550. The molecule has 4 heteroatoms. The van der Waals surface area contributed by atoms with Crippen LogP contribution in [-0.4, -0.2) is 6.54 Å². The van der Waals surface area contributed by atoms with Crippen LogP contribution >= 0.6 is 23.4 Å². The van der Waals surface area contributed by atoms with Gasteiger partial charge in [-0.1, -0.05) is 49.3 Å². The molecule has 1 N–H and O–H groups in total. The largest absolute Gasteiger partial charge is 0.312 e. The van der Waals surface area contributed by atoms with Gasteiger partial charge < -0.3 is 5.32 Å². The minimum atomic E-state index is -0.221. The molecule has 0 aliphatic carbocycles. The van der Waals surface area contributed by atoms with Crippen LogP contribution in [0.2, 0.25) is 5.02 Å². The number of benzene rings is 2. The van der Waals surface area contributed by atoms with Gasteiger partial charge in [0.05, 0.1) is 0 Å². The lowest BCUT2D eigenvalue weighted by Crippen LogP contribution is -2.19. The number of nitrogens with one attached hydrogen (secondary N) is 1. The van der Waals surface area contributed by atoms with Crippen molar-refractivity contribution in [2.75, 3.05) is 6.54 Å². The Kier molecular flexibility index (Phi) is 6.09. The zero-order valence-corrected chi connectivity index (χ0v) is 13.8. The molecule has 1 nitrogen and oxygen atoms in total. The van der Waals surface area contributed by atoms with Gasteiger partial charge in [-0.2, -0.15) is 0 Å². The summed E-state index contributed by atoms with van der Waals surface area (Å²) in [6, 6.07) is 12.5. The van der Waals surface area contributed by atoms with Crippen molar-refractivity contribution < 1.29 is 4.39 Å². The van der Waals surface area contributed by atoms with E-state index in [-0.39, 0.29) is 5.82 Å². The van der Waals surface area contributed by atoms with Gasteiger partial charge in [0.2, 0.25) is 0 Å². The smallest absolute Gasteiger partial charge is 0.124 e. The van der Waals surface area contributed by atoms with E-state index in [1.165, 1.54) is 29.5 Å². The minimum absolute atomic E-state index is 0.221. The highest BCUT2D eigenvalue weighted by molar-refractivity contribution is 7.99. The molecule has 112 valence electrons. The molecule has 2 aromatic carbocycles. The van der Waals surface area contributed by atoms with Crippen molar-refractivity contribution in [3.8, 4) is 0 Å². The van der Waals surface area contributed by atoms with Crippen molar-refractivity contribution >= 4 is 23.4 Å². The maximum atomic E-state index is 13.3. The standard InChI is InChI=1S/C17H19ClFNS/c1-12(2)10-20-11-13-6-7-14(18)8-17(13)21-16-5-3-4-15(19)9-16/h3-9,12,20H,10-11H2,1-2H3. The number of rotatable bonds is 6. The first kappa shape index (κ1) is 16.3. The summed E-state index contributed by atoms with van der Waals surface area (Å²) in [5, 5.41) is 4.12. The van der Waals surface area contributed by atoms with Crippen LogP contribution in [0, 0.1) is 11.7 Å². The molecule has 0 fully saturated rings. The molecular weight excluding hydrogens is 305 g/mol. The zero-order valence-electron chi connectivity index (χ0n) is 12.2. The summed E-state index contributed by atoms with van der Waals surface area (Å²) in [6.07, 6.45) is 0. The van der Waals surface area contributed by atoms with Gasteiger partial charge in [-0.15, -0.1) is 0 Å². The van der Waals surface area contributed by atoms with Crippen LogP contribution in [-0.2, 0) is 6.54 Å². The Bertz CT molecular complexity index is 601. The fourth-order valence-electron chi connectivity index (χ4n) is 1.92. The van der Waals surface area contributed by atoms with E-state index in [0.717, 1.165) is 22.9 Å². The van der Waals surface area contributed by atoms with Crippen LogP contribution < -0.4 is 5.32 Å². The molecule has 0 spiro atoms. The number of hydrogen-bond donors (Lipinski definition) is 1. The summed E-state index contributed by atoms with van der Waals surface area (Å²) in [7, 11) is 0. The van der Waals surface area contributed by atoms with E-state index in [2.05, 4.69) is 19.2 Å². The normalized spacial score (nSPS) is 11.1. The van der Waals surface area contributed by atoms with Crippen molar-refractivity contribution in [3.05, 3.63) is 58.9 Å². The van der Waals surface area contributed by atoms with Crippen molar-refractivity contribution in [2.24, 2.45) is 5.92 Å². The predicted molar refractivity (Wildman–Crippen MR) is 88.5 cm³/mol. The first-order valence-electron chi connectivity index (χ1n) is 6.97. The van der Waals surface area contributed by atoms with E-state index in [1.54, 1.807) is 6.07 Å². The van der Waals surface area contributed by atoms with Gasteiger partial charge in [-0.05, 0) is 48.4 Å². The maximum Gasteiger partial charge on any atom is 0.124 e. The molecule has 0 aromatic heterocycles. The Morgan fingerprint density at radius 1 is 1.19 bits per heavy atom. The number of halogens is 2. The Hall–Kier alpha value is -1.03. The molecule has 0 radical (unpaired) electrons. The van der Waals surface area contributed by atoms with Crippen LogP contribution in [0.4, 0.5) is 4.39 Å². The van der Waals surface area contributed by atoms with Gasteiger partial charge in [-0.3, -0.25) is 0 Å². The van der Waals surface area contributed by atoms with Crippen molar-refractivity contribution in [1.29, 1.82) is 0 Å². The molecule has 0 atom stereocenters. The predicted octanol–water partition coefficient (Wildman–Crippen LogP) is 5.38. The van der Waals surface area contributed by atoms with E-state index in [1.807, 2.05) is 24.3 Å². The third kappa shape index (κ3) is 5.34. The van der Waals surface area contributed by atoms with E-state index in [4.69, 9.17) is 11.6 Å². The second kappa shape index (κ2) is 7.83. The Labute approximate surface area is 134 Å². The summed E-state index contributed by atoms with van der Waals surface area (Å²) in [4.78, 5) is 1.94. The Balaban J connectivity index is 2.15. The quantitative estimate of drug-likeness (QED) is 0.766. The highest BCUT2D eigenvalue weighted by atomic mass is 35.5. The molecule has 0 aliphatic rings. The van der Waals surface area contributed by atoms with Crippen LogP contribution in [0.25, 0.3) is 0 Å². The summed E-state index contributed by atoms with van der Waals surface area (Å²) in [5.74, 6) is 0.387. The molecule has 0 aliphatic heterocycles. The van der Waals surface area contributed by atoms with E-state index < -0.39 is 0 Å². The molecule has 0 heterocycles. The molecule has 2 rings (SSSR count). The third-order valence-corrected chi connectivity index (χ3v) is 4.25. The Morgan fingerprint density at radius 3 is 2.71 bits per heavy atom.